The molecule has 0 bridgehead atoms. The molecule has 100 valence electrons. The molecule has 0 saturated heterocycles. The quantitative estimate of drug-likeness (QED) is 0.758. The summed E-state index contributed by atoms with van der Waals surface area (Å²) < 4.78 is 2.20. The molecule has 1 amide bonds. The van der Waals surface area contributed by atoms with Crippen molar-refractivity contribution in [1.82, 2.24) is 25.0 Å². The van der Waals surface area contributed by atoms with Crippen LogP contribution in [0.3, 0.4) is 0 Å². The number of nitrogens with one attached hydrogen (secondary N) is 1. The lowest BCUT2D eigenvalue weighted by atomic mass is 10.2. The van der Waals surface area contributed by atoms with Crippen LogP contribution in [0.5, 0.6) is 0 Å². The summed E-state index contributed by atoms with van der Waals surface area (Å²) in [7, 11) is 3.55. The van der Waals surface area contributed by atoms with Crippen molar-refractivity contribution in [2.24, 2.45) is 0 Å². The van der Waals surface area contributed by atoms with Gasteiger partial charge in [-0.25, -0.2) is 0 Å². The number of aromatic nitrogens is 3. The van der Waals surface area contributed by atoms with E-state index >= 15 is 0 Å². The fourth-order valence-corrected chi connectivity index (χ4v) is 2.12. The average Bonchev–Trinajstić information content (AvgIpc) is 2.77. The van der Waals surface area contributed by atoms with Crippen LogP contribution in [-0.2, 0) is 24.3 Å². The summed E-state index contributed by atoms with van der Waals surface area (Å²) in [6.07, 6.45) is 3.97. The lowest BCUT2D eigenvalue weighted by molar-refractivity contribution is -0.128. The number of aryl methyl sites for hydroxylation is 1. The number of carbonyl (C=O) groups excluding carboxylic acids is 1. The van der Waals surface area contributed by atoms with Crippen molar-refractivity contribution in [3.05, 3.63) is 11.6 Å². The number of carbonyl (C=O) groups is 1. The molecular weight excluding hydrogens is 230 g/mol. The maximum Gasteiger partial charge on any atom is 0.223 e. The molecular formula is C12H21N5O. The van der Waals surface area contributed by atoms with E-state index in [4.69, 9.17) is 0 Å². The summed E-state index contributed by atoms with van der Waals surface area (Å²) in [4.78, 5) is 13.0. The molecule has 6 heteroatoms. The maximum atomic E-state index is 11.4. The van der Waals surface area contributed by atoms with Gasteiger partial charge in [0.1, 0.15) is 11.6 Å². The molecule has 0 spiro atoms. The van der Waals surface area contributed by atoms with E-state index in [2.05, 4.69) is 20.1 Å². The van der Waals surface area contributed by atoms with Gasteiger partial charge in [0.25, 0.3) is 0 Å². The number of hydrogen-bond acceptors (Lipinski definition) is 4. The molecule has 1 aliphatic heterocycles. The van der Waals surface area contributed by atoms with Gasteiger partial charge in [-0.1, -0.05) is 0 Å². The molecule has 1 aliphatic rings. The first-order valence-electron chi connectivity index (χ1n) is 6.50. The van der Waals surface area contributed by atoms with Gasteiger partial charge in [-0.2, -0.15) is 0 Å². The Morgan fingerprint density at radius 1 is 1.39 bits per heavy atom. The molecule has 0 aliphatic carbocycles. The Bertz CT molecular complexity index is 413. The molecule has 1 aromatic rings. The van der Waals surface area contributed by atoms with Gasteiger partial charge in [-0.15, -0.1) is 10.2 Å². The van der Waals surface area contributed by atoms with Crippen LogP contribution in [0.2, 0.25) is 0 Å². The smallest absolute Gasteiger partial charge is 0.223 e. The number of amides is 1. The maximum absolute atomic E-state index is 11.4. The Morgan fingerprint density at radius 2 is 2.22 bits per heavy atom. The fourth-order valence-electron chi connectivity index (χ4n) is 2.12. The van der Waals surface area contributed by atoms with Crippen molar-refractivity contribution in [1.29, 1.82) is 0 Å². The van der Waals surface area contributed by atoms with Gasteiger partial charge in [0, 0.05) is 40.0 Å². The Labute approximate surface area is 107 Å². The first-order chi connectivity index (χ1) is 8.68. The molecule has 1 aromatic heterocycles. The van der Waals surface area contributed by atoms with Crippen LogP contribution in [0.25, 0.3) is 0 Å². The predicted octanol–water partition coefficient (Wildman–Crippen LogP) is 0.182. The minimum atomic E-state index is 0.144. The van der Waals surface area contributed by atoms with E-state index in [9.17, 15) is 4.79 Å². The van der Waals surface area contributed by atoms with Crippen LogP contribution < -0.4 is 5.32 Å². The van der Waals surface area contributed by atoms with Crippen LogP contribution in [-0.4, -0.2) is 46.2 Å². The van der Waals surface area contributed by atoms with Gasteiger partial charge in [-0.05, 0) is 12.8 Å². The van der Waals surface area contributed by atoms with E-state index in [1.54, 1.807) is 19.0 Å². The van der Waals surface area contributed by atoms with Gasteiger partial charge >= 0.3 is 0 Å². The summed E-state index contributed by atoms with van der Waals surface area (Å²) in [6.45, 7) is 2.39. The minimum Gasteiger partial charge on any atom is -0.349 e. The summed E-state index contributed by atoms with van der Waals surface area (Å²) in [6, 6.07) is 0. The Balaban J connectivity index is 1.77. The van der Waals surface area contributed by atoms with E-state index in [0.29, 0.717) is 19.5 Å². The molecule has 0 aromatic carbocycles. The van der Waals surface area contributed by atoms with Crippen molar-refractivity contribution < 1.29 is 4.79 Å². The van der Waals surface area contributed by atoms with E-state index in [1.807, 2.05) is 0 Å². The summed E-state index contributed by atoms with van der Waals surface area (Å²) in [5, 5.41) is 11.7. The fraction of sp³-hybridized carbons (Fsp3) is 0.750. The SMILES string of the molecule is CN(C)C(=O)CCNCc1nnc2n1CCCC2. The standard InChI is InChI=1S/C12H21N5O/c1-16(2)12(18)6-7-13-9-11-15-14-10-5-3-4-8-17(10)11/h13H,3-9H2,1-2H3. The molecule has 0 atom stereocenters. The van der Waals surface area contributed by atoms with Gasteiger partial charge in [0.05, 0.1) is 6.54 Å². The minimum absolute atomic E-state index is 0.144. The van der Waals surface area contributed by atoms with Crippen LogP contribution in [0.15, 0.2) is 0 Å². The lowest BCUT2D eigenvalue weighted by Gasteiger charge is -2.15. The van der Waals surface area contributed by atoms with Gasteiger partial charge in [0.15, 0.2) is 0 Å². The molecule has 0 radical (unpaired) electrons. The summed E-state index contributed by atoms with van der Waals surface area (Å²) in [5.41, 5.74) is 0. The van der Waals surface area contributed by atoms with Crippen molar-refractivity contribution in [3.8, 4) is 0 Å². The highest BCUT2D eigenvalue weighted by Gasteiger charge is 2.15. The van der Waals surface area contributed by atoms with Crippen LogP contribution in [0.4, 0.5) is 0 Å². The predicted molar refractivity (Wildman–Crippen MR) is 68.0 cm³/mol. The molecule has 6 nitrogen and oxygen atoms in total. The number of fused-ring (bicyclic) bond motifs is 1. The van der Waals surface area contributed by atoms with Crippen LogP contribution in [0, 0.1) is 0 Å². The molecule has 1 N–H and O–H groups in total. The zero-order valence-corrected chi connectivity index (χ0v) is 11.1. The van der Waals surface area contributed by atoms with E-state index in [1.165, 1.54) is 12.8 Å². The monoisotopic (exact) mass is 251 g/mol. The topological polar surface area (TPSA) is 63.1 Å². The van der Waals surface area contributed by atoms with Gasteiger partial charge in [-0.3, -0.25) is 4.79 Å². The number of rotatable bonds is 5. The Hall–Kier alpha value is -1.43. The second kappa shape index (κ2) is 5.95. The van der Waals surface area contributed by atoms with Crippen LogP contribution >= 0.6 is 0 Å². The normalized spacial score (nSPS) is 14.3. The Morgan fingerprint density at radius 3 is 3.00 bits per heavy atom. The zero-order chi connectivity index (χ0) is 13.0. The number of hydrogen-bond donors (Lipinski definition) is 1. The van der Waals surface area contributed by atoms with Crippen molar-refractivity contribution in [2.75, 3.05) is 20.6 Å². The van der Waals surface area contributed by atoms with Crippen molar-refractivity contribution in [3.63, 3.8) is 0 Å². The highest BCUT2D eigenvalue weighted by molar-refractivity contribution is 5.75. The first kappa shape index (κ1) is 13.0. The van der Waals surface area contributed by atoms with Gasteiger partial charge in [0.2, 0.25) is 5.91 Å². The molecule has 2 rings (SSSR count). The third-order valence-electron chi connectivity index (χ3n) is 3.23. The van der Waals surface area contributed by atoms with E-state index in [0.717, 1.165) is 24.6 Å². The number of nitrogens with zero attached hydrogens (tertiary/aromatic N) is 4. The molecule has 2 heterocycles. The van der Waals surface area contributed by atoms with E-state index < -0.39 is 0 Å². The van der Waals surface area contributed by atoms with Crippen molar-refractivity contribution >= 4 is 5.91 Å². The molecule has 0 fully saturated rings. The summed E-state index contributed by atoms with van der Waals surface area (Å²) in [5.74, 6) is 2.23. The molecule has 18 heavy (non-hydrogen) atoms. The molecule has 0 saturated carbocycles. The highest BCUT2D eigenvalue weighted by atomic mass is 16.2. The zero-order valence-electron chi connectivity index (χ0n) is 11.1. The molecule has 0 unspecified atom stereocenters. The highest BCUT2D eigenvalue weighted by Crippen LogP contribution is 2.13. The van der Waals surface area contributed by atoms with Crippen molar-refractivity contribution in [2.45, 2.75) is 38.8 Å². The third-order valence-corrected chi connectivity index (χ3v) is 3.23. The first-order valence-corrected chi connectivity index (χ1v) is 6.50. The largest absolute Gasteiger partial charge is 0.349 e. The van der Waals surface area contributed by atoms with E-state index in [-0.39, 0.29) is 5.91 Å². The van der Waals surface area contributed by atoms with Crippen LogP contribution in [0.1, 0.15) is 30.9 Å². The lowest BCUT2D eigenvalue weighted by Crippen LogP contribution is -2.27. The van der Waals surface area contributed by atoms with Gasteiger partial charge < -0.3 is 14.8 Å². The second-order valence-electron chi connectivity index (χ2n) is 4.86. The Kier molecular flexibility index (Phi) is 4.30. The second-order valence-corrected chi connectivity index (χ2v) is 4.86. The third kappa shape index (κ3) is 3.07. The summed E-state index contributed by atoms with van der Waals surface area (Å²) >= 11 is 0. The average molecular weight is 251 g/mol.